The van der Waals surface area contributed by atoms with Crippen LogP contribution in [0.1, 0.15) is 44.9 Å². The minimum Gasteiger partial charge on any atom is -0.491 e. The summed E-state index contributed by atoms with van der Waals surface area (Å²) in [7, 11) is 0. The molecule has 0 aromatic heterocycles. The molecule has 0 saturated heterocycles. The summed E-state index contributed by atoms with van der Waals surface area (Å²) in [5.74, 6) is -1.78. The molecule has 0 aliphatic heterocycles. The summed E-state index contributed by atoms with van der Waals surface area (Å²) in [4.78, 5) is 23.4. The predicted octanol–water partition coefficient (Wildman–Crippen LogP) is 3.13. The van der Waals surface area contributed by atoms with Gasteiger partial charge in [-0.05, 0) is 31.4 Å². The van der Waals surface area contributed by atoms with Crippen molar-refractivity contribution in [1.29, 1.82) is 0 Å². The van der Waals surface area contributed by atoms with Crippen molar-refractivity contribution in [3.05, 3.63) is 30.1 Å². The van der Waals surface area contributed by atoms with Crippen LogP contribution in [-0.4, -0.2) is 29.6 Å². The van der Waals surface area contributed by atoms with Gasteiger partial charge in [-0.15, -0.1) is 0 Å². The average molecular weight is 337 g/mol. The van der Waals surface area contributed by atoms with Gasteiger partial charge in [-0.25, -0.2) is 4.39 Å². The Morgan fingerprint density at radius 1 is 1.21 bits per heavy atom. The molecule has 0 unspecified atom stereocenters. The number of para-hydroxylation sites is 1. The second-order valence-electron chi connectivity index (χ2n) is 6.14. The van der Waals surface area contributed by atoms with Gasteiger partial charge in [0.25, 0.3) is 0 Å². The van der Waals surface area contributed by atoms with Crippen LogP contribution in [0.25, 0.3) is 0 Å². The largest absolute Gasteiger partial charge is 0.491 e. The molecule has 1 saturated carbocycles. The van der Waals surface area contributed by atoms with Crippen molar-refractivity contribution < 1.29 is 23.8 Å². The Labute approximate surface area is 141 Å². The number of amides is 1. The lowest BCUT2D eigenvalue weighted by molar-refractivity contribution is -0.143. The molecular weight excluding hydrogens is 313 g/mol. The number of carbonyl (C=O) groups is 2. The first-order valence-electron chi connectivity index (χ1n) is 8.47. The molecule has 2 atom stereocenters. The van der Waals surface area contributed by atoms with Crippen LogP contribution in [0.15, 0.2) is 24.3 Å². The van der Waals surface area contributed by atoms with Gasteiger partial charge in [0.15, 0.2) is 11.6 Å². The maximum atomic E-state index is 13.4. The molecule has 24 heavy (non-hydrogen) atoms. The van der Waals surface area contributed by atoms with Crippen molar-refractivity contribution in [1.82, 2.24) is 5.32 Å². The third-order valence-electron chi connectivity index (χ3n) is 4.32. The van der Waals surface area contributed by atoms with Gasteiger partial charge in [-0.2, -0.15) is 0 Å². The van der Waals surface area contributed by atoms with Crippen molar-refractivity contribution in [2.24, 2.45) is 5.92 Å². The van der Waals surface area contributed by atoms with Crippen molar-refractivity contribution in [3.8, 4) is 5.75 Å². The van der Waals surface area contributed by atoms with E-state index in [-0.39, 0.29) is 30.7 Å². The Morgan fingerprint density at radius 3 is 2.71 bits per heavy atom. The highest BCUT2D eigenvalue weighted by molar-refractivity contribution is 5.78. The van der Waals surface area contributed by atoms with Gasteiger partial charge < -0.3 is 15.2 Å². The van der Waals surface area contributed by atoms with E-state index in [0.717, 1.165) is 19.3 Å². The number of rotatable bonds is 7. The third kappa shape index (κ3) is 5.51. The number of nitrogens with one attached hydrogen (secondary N) is 1. The highest BCUT2D eigenvalue weighted by Crippen LogP contribution is 2.24. The van der Waals surface area contributed by atoms with E-state index in [1.165, 1.54) is 6.07 Å². The summed E-state index contributed by atoms with van der Waals surface area (Å²) in [6.45, 7) is 0.237. The van der Waals surface area contributed by atoms with Crippen LogP contribution < -0.4 is 10.1 Å². The average Bonchev–Trinajstić information content (AvgIpc) is 2.78. The van der Waals surface area contributed by atoms with Gasteiger partial charge in [0, 0.05) is 12.5 Å². The maximum absolute atomic E-state index is 13.4. The van der Waals surface area contributed by atoms with Crippen LogP contribution in [0.3, 0.4) is 0 Å². The standard InChI is InChI=1S/C18H24FNO4/c19-14-8-4-5-10-16(14)24-12-6-11-17(21)20-15-9-3-1-2-7-13(15)18(22)23/h4-5,8,10,13,15H,1-3,6-7,9,11-12H2,(H,20,21)(H,22,23)/t13-,15+/m1/s1. The minimum atomic E-state index is -0.843. The number of carbonyl (C=O) groups excluding carboxylic acids is 1. The number of aliphatic carboxylic acids is 1. The molecule has 1 aliphatic rings. The first-order chi connectivity index (χ1) is 11.6. The molecule has 0 spiro atoms. The molecule has 1 aliphatic carbocycles. The van der Waals surface area contributed by atoms with Gasteiger partial charge in [-0.1, -0.05) is 31.4 Å². The molecule has 6 heteroatoms. The van der Waals surface area contributed by atoms with Gasteiger partial charge in [0.1, 0.15) is 0 Å². The maximum Gasteiger partial charge on any atom is 0.308 e. The fourth-order valence-corrected chi connectivity index (χ4v) is 3.03. The van der Waals surface area contributed by atoms with E-state index in [4.69, 9.17) is 4.74 Å². The summed E-state index contributed by atoms with van der Waals surface area (Å²) in [6.07, 6.45) is 4.82. The summed E-state index contributed by atoms with van der Waals surface area (Å²) < 4.78 is 18.7. The Kier molecular flexibility index (Phi) is 7.03. The van der Waals surface area contributed by atoms with Gasteiger partial charge in [-0.3, -0.25) is 9.59 Å². The van der Waals surface area contributed by atoms with Crippen LogP contribution in [0.4, 0.5) is 4.39 Å². The van der Waals surface area contributed by atoms with Crippen LogP contribution >= 0.6 is 0 Å². The van der Waals surface area contributed by atoms with E-state index < -0.39 is 17.7 Å². The lowest BCUT2D eigenvalue weighted by Gasteiger charge is -2.22. The molecule has 5 nitrogen and oxygen atoms in total. The topological polar surface area (TPSA) is 75.6 Å². The van der Waals surface area contributed by atoms with Crippen molar-refractivity contribution in [2.45, 2.75) is 51.0 Å². The SMILES string of the molecule is O=C(CCCOc1ccccc1F)N[C@H]1CCCCC[C@H]1C(=O)O. The fourth-order valence-electron chi connectivity index (χ4n) is 3.03. The Morgan fingerprint density at radius 2 is 1.96 bits per heavy atom. The van der Waals surface area contributed by atoms with Crippen molar-refractivity contribution >= 4 is 11.9 Å². The molecule has 1 fully saturated rings. The summed E-state index contributed by atoms with van der Waals surface area (Å²) >= 11 is 0. The number of carboxylic acids is 1. The zero-order valence-electron chi connectivity index (χ0n) is 13.7. The zero-order valence-corrected chi connectivity index (χ0v) is 13.7. The normalized spacial score (nSPS) is 20.9. The summed E-state index contributed by atoms with van der Waals surface area (Å²) in [5.41, 5.74) is 0. The quantitative estimate of drug-likeness (QED) is 0.592. The summed E-state index contributed by atoms with van der Waals surface area (Å²) in [6, 6.07) is 5.83. The van der Waals surface area contributed by atoms with E-state index >= 15 is 0 Å². The number of hydrogen-bond donors (Lipinski definition) is 2. The first-order valence-corrected chi connectivity index (χ1v) is 8.47. The van der Waals surface area contributed by atoms with Crippen LogP contribution in [-0.2, 0) is 9.59 Å². The third-order valence-corrected chi connectivity index (χ3v) is 4.32. The van der Waals surface area contributed by atoms with Gasteiger partial charge in [0.05, 0.1) is 12.5 Å². The highest BCUT2D eigenvalue weighted by atomic mass is 19.1. The minimum absolute atomic E-state index is 0.174. The van der Waals surface area contributed by atoms with Crippen LogP contribution in [0.5, 0.6) is 5.75 Å². The monoisotopic (exact) mass is 337 g/mol. The molecule has 1 aromatic rings. The number of ether oxygens (including phenoxy) is 1. The molecular formula is C18H24FNO4. The lowest BCUT2D eigenvalue weighted by atomic mass is 9.94. The first kappa shape index (κ1) is 18.2. The Balaban J connectivity index is 1.74. The van der Waals surface area contributed by atoms with Crippen molar-refractivity contribution in [2.75, 3.05) is 6.61 Å². The Bertz CT molecular complexity index is 564. The molecule has 1 aromatic carbocycles. The predicted molar refractivity (Wildman–Crippen MR) is 87.3 cm³/mol. The fraction of sp³-hybridized carbons (Fsp3) is 0.556. The molecule has 0 radical (unpaired) electrons. The van der Waals surface area contributed by atoms with Crippen LogP contribution in [0, 0.1) is 11.7 Å². The molecule has 0 heterocycles. The van der Waals surface area contributed by atoms with E-state index in [1.54, 1.807) is 18.2 Å². The van der Waals surface area contributed by atoms with Gasteiger partial charge in [0.2, 0.25) is 5.91 Å². The Hall–Kier alpha value is -2.11. The second-order valence-corrected chi connectivity index (χ2v) is 6.14. The number of hydrogen-bond acceptors (Lipinski definition) is 3. The molecule has 0 bridgehead atoms. The van der Waals surface area contributed by atoms with E-state index in [9.17, 15) is 19.1 Å². The van der Waals surface area contributed by atoms with Gasteiger partial charge >= 0.3 is 5.97 Å². The second kappa shape index (κ2) is 9.25. The zero-order chi connectivity index (χ0) is 17.4. The number of halogens is 1. The molecule has 1 amide bonds. The van der Waals surface area contributed by atoms with E-state index in [1.807, 2.05) is 0 Å². The summed E-state index contributed by atoms with van der Waals surface area (Å²) in [5, 5.41) is 12.2. The van der Waals surface area contributed by atoms with E-state index in [0.29, 0.717) is 19.3 Å². The van der Waals surface area contributed by atoms with Crippen molar-refractivity contribution in [3.63, 3.8) is 0 Å². The molecule has 132 valence electrons. The number of carboxylic acid groups (broad SMARTS) is 1. The molecule has 2 rings (SSSR count). The van der Waals surface area contributed by atoms with Crippen LogP contribution in [0.2, 0.25) is 0 Å². The molecule has 2 N–H and O–H groups in total. The lowest BCUT2D eigenvalue weighted by Crippen LogP contribution is -2.42. The van der Waals surface area contributed by atoms with E-state index in [2.05, 4.69) is 5.32 Å². The smallest absolute Gasteiger partial charge is 0.308 e. The number of benzene rings is 1. The highest BCUT2D eigenvalue weighted by Gasteiger charge is 2.30.